The maximum atomic E-state index is 11.9. The number of carbonyl (C=O) groups excluding carboxylic acids is 1. The van der Waals surface area contributed by atoms with E-state index >= 15 is 0 Å². The van der Waals surface area contributed by atoms with E-state index in [0.29, 0.717) is 12.0 Å². The van der Waals surface area contributed by atoms with Crippen LogP contribution in [0.1, 0.15) is 50.9 Å². The van der Waals surface area contributed by atoms with E-state index in [4.69, 9.17) is 0 Å². The van der Waals surface area contributed by atoms with E-state index in [9.17, 15) is 4.79 Å². The van der Waals surface area contributed by atoms with Gasteiger partial charge in [0, 0.05) is 23.8 Å². The fourth-order valence-corrected chi connectivity index (χ4v) is 2.14. The lowest BCUT2D eigenvalue weighted by Gasteiger charge is -2.17. The molecule has 3 heteroatoms. The summed E-state index contributed by atoms with van der Waals surface area (Å²) in [7, 11) is 0. The predicted molar refractivity (Wildman–Crippen MR) is 81.6 cm³/mol. The molecule has 19 heavy (non-hydrogen) atoms. The van der Waals surface area contributed by atoms with Crippen molar-refractivity contribution in [1.82, 2.24) is 5.32 Å². The van der Waals surface area contributed by atoms with Gasteiger partial charge in [-0.05, 0) is 43.9 Å². The van der Waals surface area contributed by atoms with E-state index in [-0.39, 0.29) is 5.91 Å². The Bertz CT molecular complexity index is 401. The van der Waals surface area contributed by atoms with Gasteiger partial charge in [0.1, 0.15) is 0 Å². The first kappa shape index (κ1) is 15.5. The number of nitrogens with one attached hydrogen (secondary N) is 2. The molecule has 1 aromatic rings. The Morgan fingerprint density at radius 2 is 2.00 bits per heavy atom. The molecule has 0 spiro atoms. The Labute approximate surface area is 116 Å². The summed E-state index contributed by atoms with van der Waals surface area (Å²) in [5.74, 6) is 0.667. The second-order valence-electron chi connectivity index (χ2n) is 5.51. The summed E-state index contributed by atoms with van der Waals surface area (Å²) in [6.07, 6.45) is 2.07. The van der Waals surface area contributed by atoms with Gasteiger partial charge in [-0.2, -0.15) is 0 Å². The molecule has 1 unspecified atom stereocenters. The molecule has 1 rings (SSSR count). The Morgan fingerprint density at radius 1 is 1.26 bits per heavy atom. The van der Waals surface area contributed by atoms with Gasteiger partial charge in [0.05, 0.1) is 0 Å². The van der Waals surface area contributed by atoms with Crippen LogP contribution in [-0.4, -0.2) is 18.5 Å². The average Bonchev–Trinajstić information content (AvgIpc) is 2.35. The summed E-state index contributed by atoms with van der Waals surface area (Å²) in [5.41, 5.74) is 1.73. The summed E-state index contributed by atoms with van der Waals surface area (Å²) in [6.45, 7) is 9.37. The van der Waals surface area contributed by atoms with Gasteiger partial charge in [-0.1, -0.05) is 26.8 Å². The van der Waals surface area contributed by atoms with Crippen LogP contribution in [0.15, 0.2) is 24.3 Å². The van der Waals surface area contributed by atoms with Gasteiger partial charge < -0.3 is 10.6 Å². The molecule has 0 saturated carbocycles. The Balaban J connectivity index is 2.63. The molecular formula is C16H26N2O. The molecule has 2 N–H and O–H groups in total. The molecular weight excluding hydrogens is 236 g/mol. The van der Waals surface area contributed by atoms with Gasteiger partial charge in [-0.25, -0.2) is 0 Å². The zero-order valence-corrected chi connectivity index (χ0v) is 12.5. The van der Waals surface area contributed by atoms with Crippen LogP contribution in [0.2, 0.25) is 0 Å². The summed E-state index contributed by atoms with van der Waals surface area (Å²) in [5, 5.41) is 6.34. The molecule has 0 saturated heterocycles. The zero-order chi connectivity index (χ0) is 14.3. The van der Waals surface area contributed by atoms with Gasteiger partial charge in [-0.15, -0.1) is 0 Å². The maximum Gasteiger partial charge on any atom is 0.251 e. The molecule has 1 atom stereocenters. The van der Waals surface area contributed by atoms with E-state index in [1.807, 2.05) is 31.2 Å². The highest BCUT2D eigenvalue weighted by molar-refractivity contribution is 5.95. The summed E-state index contributed by atoms with van der Waals surface area (Å²) < 4.78 is 0. The second kappa shape index (κ2) is 7.82. The molecule has 0 aliphatic carbocycles. The largest absolute Gasteiger partial charge is 0.383 e. The van der Waals surface area contributed by atoms with Crippen LogP contribution >= 0.6 is 0 Å². The van der Waals surface area contributed by atoms with Crippen molar-refractivity contribution in [2.45, 2.75) is 46.6 Å². The Hall–Kier alpha value is -1.51. The lowest BCUT2D eigenvalue weighted by molar-refractivity contribution is 0.0953. The fraction of sp³-hybridized carbons (Fsp3) is 0.562. The van der Waals surface area contributed by atoms with Crippen molar-refractivity contribution in [3.63, 3.8) is 0 Å². The first-order valence-electron chi connectivity index (χ1n) is 7.17. The van der Waals surface area contributed by atoms with Crippen molar-refractivity contribution in [3.05, 3.63) is 29.8 Å². The number of benzene rings is 1. The van der Waals surface area contributed by atoms with E-state index in [0.717, 1.165) is 30.6 Å². The molecule has 1 aromatic carbocycles. The minimum Gasteiger partial charge on any atom is -0.383 e. The third-order valence-electron chi connectivity index (χ3n) is 2.90. The van der Waals surface area contributed by atoms with Crippen molar-refractivity contribution in [2.24, 2.45) is 5.92 Å². The van der Waals surface area contributed by atoms with Crippen molar-refractivity contribution in [2.75, 3.05) is 11.9 Å². The molecule has 1 amide bonds. The van der Waals surface area contributed by atoms with Crippen LogP contribution in [0.25, 0.3) is 0 Å². The lowest BCUT2D eigenvalue weighted by atomic mass is 10.0. The SMILES string of the molecule is CCCNC(=O)c1cccc(NC(C)CC(C)C)c1. The van der Waals surface area contributed by atoms with Gasteiger partial charge in [0.25, 0.3) is 5.91 Å². The minimum atomic E-state index is 0.00186. The van der Waals surface area contributed by atoms with Crippen LogP contribution in [0, 0.1) is 5.92 Å². The Morgan fingerprint density at radius 3 is 2.63 bits per heavy atom. The normalized spacial score (nSPS) is 12.3. The second-order valence-corrected chi connectivity index (χ2v) is 5.51. The first-order valence-corrected chi connectivity index (χ1v) is 7.17. The van der Waals surface area contributed by atoms with Gasteiger partial charge in [0.15, 0.2) is 0 Å². The standard InChI is InChI=1S/C16H26N2O/c1-5-9-17-16(19)14-7-6-8-15(11-14)18-13(4)10-12(2)3/h6-8,11-13,18H,5,9-10H2,1-4H3,(H,17,19). The topological polar surface area (TPSA) is 41.1 Å². The van der Waals surface area contributed by atoms with Crippen molar-refractivity contribution in [1.29, 1.82) is 0 Å². The van der Waals surface area contributed by atoms with E-state index in [2.05, 4.69) is 31.4 Å². The van der Waals surface area contributed by atoms with E-state index in [1.165, 1.54) is 0 Å². The zero-order valence-electron chi connectivity index (χ0n) is 12.5. The van der Waals surface area contributed by atoms with E-state index in [1.54, 1.807) is 0 Å². The fourth-order valence-electron chi connectivity index (χ4n) is 2.14. The smallest absolute Gasteiger partial charge is 0.251 e. The third kappa shape index (κ3) is 5.77. The molecule has 0 aromatic heterocycles. The number of rotatable bonds is 7. The van der Waals surface area contributed by atoms with Gasteiger partial charge >= 0.3 is 0 Å². The molecule has 0 radical (unpaired) electrons. The highest BCUT2D eigenvalue weighted by Crippen LogP contribution is 2.14. The number of hydrogen-bond donors (Lipinski definition) is 2. The third-order valence-corrected chi connectivity index (χ3v) is 2.90. The minimum absolute atomic E-state index is 0.00186. The van der Waals surface area contributed by atoms with Crippen LogP contribution < -0.4 is 10.6 Å². The van der Waals surface area contributed by atoms with Crippen molar-refractivity contribution < 1.29 is 4.79 Å². The Kier molecular flexibility index (Phi) is 6.40. The maximum absolute atomic E-state index is 11.9. The molecule has 0 aliphatic rings. The van der Waals surface area contributed by atoms with E-state index < -0.39 is 0 Å². The summed E-state index contributed by atoms with van der Waals surface area (Å²) in [4.78, 5) is 11.9. The van der Waals surface area contributed by atoms with Crippen LogP contribution in [-0.2, 0) is 0 Å². The quantitative estimate of drug-likeness (QED) is 0.787. The first-order chi connectivity index (χ1) is 9.02. The molecule has 3 nitrogen and oxygen atoms in total. The molecule has 0 heterocycles. The number of carbonyl (C=O) groups is 1. The van der Waals surface area contributed by atoms with Gasteiger partial charge in [-0.3, -0.25) is 4.79 Å². The highest BCUT2D eigenvalue weighted by atomic mass is 16.1. The number of hydrogen-bond acceptors (Lipinski definition) is 2. The molecule has 0 fully saturated rings. The van der Waals surface area contributed by atoms with Crippen LogP contribution in [0.4, 0.5) is 5.69 Å². The molecule has 0 bridgehead atoms. The summed E-state index contributed by atoms with van der Waals surface area (Å²) >= 11 is 0. The van der Waals surface area contributed by atoms with Crippen molar-refractivity contribution in [3.8, 4) is 0 Å². The molecule has 0 aliphatic heterocycles. The van der Waals surface area contributed by atoms with Crippen LogP contribution in [0.3, 0.4) is 0 Å². The highest BCUT2D eigenvalue weighted by Gasteiger charge is 2.08. The summed E-state index contributed by atoms with van der Waals surface area (Å²) in [6, 6.07) is 8.11. The lowest BCUT2D eigenvalue weighted by Crippen LogP contribution is -2.24. The number of anilines is 1. The molecule has 106 valence electrons. The van der Waals surface area contributed by atoms with Gasteiger partial charge in [0.2, 0.25) is 0 Å². The van der Waals surface area contributed by atoms with Crippen LogP contribution in [0.5, 0.6) is 0 Å². The van der Waals surface area contributed by atoms with Crippen molar-refractivity contribution >= 4 is 11.6 Å². The number of amides is 1. The average molecular weight is 262 g/mol. The monoisotopic (exact) mass is 262 g/mol. The predicted octanol–water partition coefficient (Wildman–Crippen LogP) is 3.67.